The highest BCUT2D eigenvalue weighted by Gasteiger charge is 2.46. The molecule has 0 aromatic heterocycles. The Morgan fingerprint density at radius 1 is 1.09 bits per heavy atom. The number of hydrogen-bond acceptors (Lipinski definition) is 5. The molecule has 0 radical (unpaired) electrons. The zero-order valence-corrected chi connectivity index (χ0v) is 20.6. The van der Waals surface area contributed by atoms with E-state index >= 15 is 8.78 Å². The summed E-state index contributed by atoms with van der Waals surface area (Å²) in [4.78, 5) is 40.9. The summed E-state index contributed by atoms with van der Waals surface area (Å²) in [6, 6.07) is 4.19. The van der Waals surface area contributed by atoms with E-state index in [9.17, 15) is 14.4 Å². The van der Waals surface area contributed by atoms with Crippen LogP contribution < -0.4 is 15.1 Å². The molecule has 192 valence electrons. The Labute approximate surface area is 205 Å². The molecule has 1 aromatic carbocycles. The summed E-state index contributed by atoms with van der Waals surface area (Å²) in [5, 5.41) is 2.27. The van der Waals surface area contributed by atoms with E-state index in [4.69, 9.17) is 0 Å². The van der Waals surface area contributed by atoms with Crippen molar-refractivity contribution in [2.45, 2.75) is 69.2 Å². The molecule has 1 aliphatic carbocycles. The van der Waals surface area contributed by atoms with Gasteiger partial charge in [-0.2, -0.15) is 0 Å². The number of hydrogen-bond donors (Lipinski definition) is 1. The molecule has 1 saturated carbocycles. The van der Waals surface area contributed by atoms with Crippen LogP contribution in [-0.4, -0.2) is 68.8 Å². The van der Waals surface area contributed by atoms with Crippen LogP contribution in [0.15, 0.2) is 18.2 Å². The first-order valence-electron chi connectivity index (χ1n) is 12.7. The van der Waals surface area contributed by atoms with Crippen molar-refractivity contribution in [3.05, 3.63) is 23.8 Å². The molecular weight excluding hydrogens is 454 g/mol. The van der Waals surface area contributed by atoms with Crippen LogP contribution in [0, 0.1) is 5.92 Å². The average Bonchev–Trinajstić information content (AvgIpc) is 2.81. The van der Waals surface area contributed by atoms with Gasteiger partial charge >= 0.3 is 0 Å². The normalized spacial score (nSPS) is 25.7. The predicted molar refractivity (Wildman–Crippen MR) is 131 cm³/mol. The van der Waals surface area contributed by atoms with Gasteiger partial charge in [0.2, 0.25) is 18.2 Å². The zero-order valence-electron chi connectivity index (χ0n) is 20.6. The highest BCUT2D eigenvalue weighted by Crippen LogP contribution is 2.43. The average molecular weight is 491 g/mol. The van der Waals surface area contributed by atoms with Crippen LogP contribution in [0.3, 0.4) is 0 Å². The van der Waals surface area contributed by atoms with Crippen LogP contribution in [-0.2, 0) is 14.4 Å². The smallest absolute Gasteiger partial charge is 0.267 e. The molecule has 2 saturated heterocycles. The second kappa shape index (κ2) is 10.6. The Kier molecular flexibility index (Phi) is 7.73. The number of alkyl halides is 2. The summed E-state index contributed by atoms with van der Waals surface area (Å²) >= 11 is 0. The first-order valence-corrected chi connectivity index (χ1v) is 12.7. The maximum atomic E-state index is 15.4. The molecule has 2 aliphatic heterocycles. The van der Waals surface area contributed by atoms with Crippen molar-refractivity contribution in [2.24, 2.45) is 5.92 Å². The van der Waals surface area contributed by atoms with E-state index in [1.54, 1.807) is 37.2 Å². The van der Waals surface area contributed by atoms with Crippen molar-refractivity contribution in [1.82, 2.24) is 10.2 Å². The van der Waals surface area contributed by atoms with Crippen molar-refractivity contribution in [3.63, 3.8) is 0 Å². The predicted octanol–water partition coefficient (Wildman–Crippen LogP) is 3.53. The van der Waals surface area contributed by atoms with E-state index in [1.807, 2.05) is 4.90 Å². The molecule has 1 N–H and O–H groups in total. The Bertz CT molecular complexity index is 949. The summed E-state index contributed by atoms with van der Waals surface area (Å²) in [5.74, 6) is -4.13. The number of halogens is 2. The topological polar surface area (TPSA) is 73.0 Å². The summed E-state index contributed by atoms with van der Waals surface area (Å²) in [5.41, 5.74) is 1.58. The lowest BCUT2D eigenvalue weighted by atomic mass is 9.84. The summed E-state index contributed by atoms with van der Waals surface area (Å²) in [7, 11) is 3.56. The number of likely N-dealkylation sites (tertiary alicyclic amines) is 1. The largest absolute Gasteiger partial charge is 0.376 e. The van der Waals surface area contributed by atoms with E-state index in [0.29, 0.717) is 42.2 Å². The number of nitrogens with one attached hydrogen (secondary N) is 1. The quantitative estimate of drug-likeness (QED) is 0.468. The fourth-order valence-corrected chi connectivity index (χ4v) is 5.89. The second-order valence-corrected chi connectivity index (χ2v) is 10.5. The summed E-state index contributed by atoms with van der Waals surface area (Å²) in [6.07, 6.45) is 7.24. The number of rotatable bonds is 7. The van der Waals surface area contributed by atoms with Crippen LogP contribution in [0.4, 0.5) is 20.2 Å². The first kappa shape index (κ1) is 25.5. The van der Waals surface area contributed by atoms with Crippen molar-refractivity contribution in [3.8, 4) is 0 Å². The third-order valence-electron chi connectivity index (χ3n) is 7.74. The molecular formula is C26H36F2N4O3. The van der Waals surface area contributed by atoms with Crippen LogP contribution in [0.2, 0.25) is 0 Å². The van der Waals surface area contributed by atoms with Gasteiger partial charge in [0.05, 0.1) is 23.8 Å². The van der Waals surface area contributed by atoms with Gasteiger partial charge in [-0.05, 0) is 55.8 Å². The van der Waals surface area contributed by atoms with Crippen molar-refractivity contribution >= 4 is 29.6 Å². The highest BCUT2D eigenvalue weighted by atomic mass is 19.3. The molecule has 3 fully saturated rings. The maximum Gasteiger partial charge on any atom is 0.267 e. The second-order valence-electron chi connectivity index (χ2n) is 10.5. The molecule has 2 heterocycles. The first-order chi connectivity index (χ1) is 16.7. The van der Waals surface area contributed by atoms with Gasteiger partial charge in [-0.3, -0.25) is 24.6 Å². The third kappa shape index (κ3) is 5.66. The Morgan fingerprint density at radius 2 is 1.83 bits per heavy atom. The lowest BCUT2D eigenvalue weighted by Crippen LogP contribution is -2.52. The van der Waals surface area contributed by atoms with Crippen LogP contribution in [0.25, 0.3) is 0 Å². The molecule has 9 heteroatoms. The number of amides is 3. The van der Waals surface area contributed by atoms with E-state index in [2.05, 4.69) is 5.32 Å². The molecule has 35 heavy (non-hydrogen) atoms. The molecule has 1 aromatic rings. The molecule has 0 spiro atoms. The molecule has 3 amide bonds. The van der Waals surface area contributed by atoms with Gasteiger partial charge in [-0.25, -0.2) is 8.78 Å². The van der Waals surface area contributed by atoms with Crippen LogP contribution in [0.5, 0.6) is 0 Å². The van der Waals surface area contributed by atoms with E-state index in [0.717, 1.165) is 19.4 Å². The van der Waals surface area contributed by atoms with Crippen LogP contribution >= 0.6 is 0 Å². The minimum Gasteiger partial charge on any atom is -0.376 e. The number of imide groups is 1. The Balaban J connectivity index is 1.53. The fourth-order valence-electron chi connectivity index (χ4n) is 5.89. The minimum absolute atomic E-state index is 0.141. The Morgan fingerprint density at radius 3 is 2.46 bits per heavy atom. The zero-order chi connectivity index (χ0) is 25.2. The lowest BCUT2D eigenvalue weighted by Gasteiger charge is -2.41. The van der Waals surface area contributed by atoms with Crippen molar-refractivity contribution < 1.29 is 23.2 Å². The maximum absolute atomic E-state index is 15.4. The SMILES string of the molecule is CN(C)c1cc(C2CCN(CC3CCCCC3)CC2(F)F)ccc1N(C=O)C1CCC(=O)NC1=O. The van der Waals surface area contributed by atoms with Gasteiger partial charge in [0, 0.05) is 27.1 Å². The Hall–Kier alpha value is -2.55. The van der Waals surface area contributed by atoms with E-state index < -0.39 is 23.8 Å². The molecule has 0 bridgehead atoms. The number of carbonyl (C=O) groups is 3. The highest BCUT2D eigenvalue weighted by molar-refractivity contribution is 6.04. The summed E-state index contributed by atoms with van der Waals surface area (Å²) in [6.45, 7) is 1.17. The van der Waals surface area contributed by atoms with Gasteiger partial charge in [0.25, 0.3) is 5.92 Å². The van der Waals surface area contributed by atoms with Crippen molar-refractivity contribution in [2.75, 3.05) is 43.5 Å². The number of nitrogens with zero attached hydrogens (tertiary/aromatic N) is 3. The van der Waals surface area contributed by atoms with Crippen LogP contribution in [0.1, 0.15) is 62.8 Å². The molecule has 4 rings (SSSR count). The standard InChI is InChI=1S/C26H36F2N4O3/c1-30(2)23-14-19(8-9-21(23)32(17-33)22-10-11-24(34)29-25(22)35)20-12-13-31(16-26(20,27)28)15-18-6-4-3-5-7-18/h8-9,14,17-18,20,22H,3-7,10-13,15-16H2,1-2H3,(H,29,34,35). The van der Waals surface area contributed by atoms with Gasteiger partial charge in [0.15, 0.2) is 0 Å². The third-order valence-corrected chi connectivity index (χ3v) is 7.74. The number of anilines is 2. The van der Waals surface area contributed by atoms with Gasteiger partial charge in [0.1, 0.15) is 6.04 Å². The number of piperidine rings is 2. The van der Waals surface area contributed by atoms with E-state index in [-0.39, 0.29) is 25.3 Å². The minimum atomic E-state index is -2.86. The molecule has 7 nitrogen and oxygen atoms in total. The number of carbonyl (C=O) groups excluding carboxylic acids is 3. The molecule has 2 unspecified atom stereocenters. The monoisotopic (exact) mass is 490 g/mol. The fraction of sp³-hybridized carbons (Fsp3) is 0.654. The van der Waals surface area contributed by atoms with Crippen molar-refractivity contribution in [1.29, 1.82) is 0 Å². The van der Waals surface area contributed by atoms with Gasteiger partial charge in [-0.15, -0.1) is 0 Å². The summed E-state index contributed by atoms with van der Waals surface area (Å²) < 4.78 is 30.8. The van der Waals surface area contributed by atoms with E-state index in [1.165, 1.54) is 24.2 Å². The van der Waals surface area contributed by atoms with Gasteiger partial charge < -0.3 is 9.80 Å². The lowest BCUT2D eigenvalue weighted by molar-refractivity contribution is -0.134. The molecule has 3 aliphatic rings. The number of benzene rings is 1. The molecule has 2 atom stereocenters. The van der Waals surface area contributed by atoms with Gasteiger partial charge in [-0.1, -0.05) is 25.3 Å².